The molecule has 4 heteroatoms. The van der Waals surface area contributed by atoms with Crippen molar-refractivity contribution in [1.82, 2.24) is 5.32 Å². The van der Waals surface area contributed by atoms with Gasteiger partial charge in [0.05, 0.1) is 0 Å². The lowest BCUT2D eigenvalue weighted by Gasteiger charge is -2.30. The second kappa shape index (κ2) is 8.32. The van der Waals surface area contributed by atoms with Crippen LogP contribution in [-0.4, -0.2) is 18.7 Å². The van der Waals surface area contributed by atoms with Crippen LogP contribution in [0.5, 0.6) is 5.75 Å². The molecule has 2 rings (SSSR count). The van der Waals surface area contributed by atoms with Crippen LogP contribution in [0.15, 0.2) is 18.2 Å². The number of rotatable bonds is 5. The van der Waals surface area contributed by atoms with Crippen molar-refractivity contribution in [2.75, 3.05) is 6.54 Å². The summed E-state index contributed by atoms with van der Waals surface area (Å²) >= 11 is 0. The molecule has 1 aliphatic carbocycles. The molecule has 1 aromatic rings. The van der Waals surface area contributed by atoms with Crippen molar-refractivity contribution in [1.29, 1.82) is 0 Å². The number of ether oxygens (including phenoxy) is 1. The molecule has 0 spiro atoms. The van der Waals surface area contributed by atoms with Crippen LogP contribution in [0.3, 0.4) is 0 Å². The molecule has 1 saturated carbocycles. The zero-order valence-electron chi connectivity index (χ0n) is 12.7. The van der Waals surface area contributed by atoms with Crippen LogP contribution in [0.4, 0.5) is 8.78 Å². The normalized spacial score (nSPS) is 23.4. The number of hydrogen-bond donors (Lipinski definition) is 1. The summed E-state index contributed by atoms with van der Waals surface area (Å²) in [4.78, 5) is 0. The molecular formula is C17H25F2NO. The molecule has 21 heavy (non-hydrogen) atoms. The Balaban J connectivity index is 2.09. The number of benzene rings is 1. The molecule has 2 unspecified atom stereocenters. The molecule has 0 aromatic heterocycles. The molecule has 0 heterocycles. The quantitative estimate of drug-likeness (QED) is 0.868. The summed E-state index contributed by atoms with van der Waals surface area (Å²) in [5, 5.41) is 3.50. The van der Waals surface area contributed by atoms with Gasteiger partial charge in [-0.1, -0.05) is 32.3 Å². The van der Waals surface area contributed by atoms with Gasteiger partial charge in [-0.15, -0.1) is 0 Å². The number of halogens is 2. The smallest absolute Gasteiger partial charge is 0.200 e. The van der Waals surface area contributed by atoms with E-state index in [9.17, 15) is 8.78 Å². The van der Waals surface area contributed by atoms with Crippen molar-refractivity contribution in [2.45, 2.75) is 64.0 Å². The van der Waals surface area contributed by atoms with Gasteiger partial charge in [0.2, 0.25) is 5.82 Å². The van der Waals surface area contributed by atoms with E-state index in [2.05, 4.69) is 12.2 Å². The van der Waals surface area contributed by atoms with E-state index in [0.29, 0.717) is 0 Å². The zero-order valence-corrected chi connectivity index (χ0v) is 12.7. The van der Waals surface area contributed by atoms with Crippen molar-refractivity contribution in [3.05, 3.63) is 29.8 Å². The summed E-state index contributed by atoms with van der Waals surface area (Å²) in [5.74, 6) is -1.70. The highest BCUT2D eigenvalue weighted by Crippen LogP contribution is 2.26. The summed E-state index contributed by atoms with van der Waals surface area (Å²) in [6.45, 7) is 3.05. The molecule has 0 radical (unpaired) electrons. The Hall–Kier alpha value is -1.16. The van der Waals surface area contributed by atoms with Crippen LogP contribution in [-0.2, 0) is 0 Å². The molecule has 1 fully saturated rings. The highest BCUT2D eigenvalue weighted by molar-refractivity contribution is 5.25. The maximum atomic E-state index is 13.8. The van der Waals surface area contributed by atoms with E-state index in [-0.39, 0.29) is 17.9 Å². The highest BCUT2D eigenvalue weighted by Gasteiger charge is 2.25. The predicted octanol–water partition coefficient (Wildman–Crippen LogP) is 4.43. The fraction of sp³-hybridized carbons (Fsp3) is 0.647. The first kappa shape index (κ1) is 16.2. The van der Waals surface area contributed by atoms with Gasteiger partial charge in [0.25, 0.3) is 0 Å². The first-order chi connectivity index (χ1) is 10.2. The maximum Gasteiger partial charge on any atom is 0.200 e. The van der Waals surface area contributed by atoms with E-state index >= 15 is 0 Å². The Morgan fingerprint density at radius 3 is 2.67 bits per heavy atom. The first-order valence-electron chi connectivity index (χ1n) is 8.06. The van der Waals surface area contributed by atoms with Crippen molar-refractivity contribution < 1.29 is 13.5 Å². The van der Waals surface area contributed by atoms with E-state index in [4.69, 9.17) is 4.74 Å². The van der Waals surface area contributed by atoms with E-state index in [1.807, 2.05) is 0 Å². The second-order valence-corrected chi connectivity index (χ2v) is 5.76. The summed E-state index contributed by atoms with van der Waals surface area (Å²) in [5.41, 5.74) is 0. The molecule has 0 aliphatic heterocycles. The third-order valence-electron chi connectivity index (χ3n) is 4.05. The Kier molecular flexibility index (Phi) is 6.43. The van der Waals surface area contributed by atoms with Gasteiger partial charge in [0.1, 0.15) is 6.10 Å². The van der Waals surface area contributed by atoms with E-state index in [1.54, 1.807) is 0 Å². The van der Waals surface area contributed by atoms with Gasteiger partial charge in [-0.25, -0.2) is 4.39 Å². The summed E-state index contributed by atoms with van der Waals surface area (Å²) in [6, 6.07) is 4.33. The van der Waals surface area contributed by atoms with Crippen molar-refractivity contribution in [2.24, 2.45) is 0 Å². The summed E-state index contributed by atoms with van der Waals surface area (Å²) in [6.07, 6.45) is 7.54. The van der Waals surface area contributed by atoms with Crippen molar-refractivity contribution >= 4 is 0 Å². The van der Waals surface area contributed by atoms with Crippen molar-refractivity contribution in [3.8, 4) is 5.75 Å². The minimum atomic E-state index is -0.881. The molecule has 2 nitrogen and oxygen atoms in total. The standard InChI is InChI=1S/C17H25F2NO/c1-2-12-20-14-9-5-3-4-6-10-15(14)21-16-11-7-8-13(18)17(16)19/h7-8,11,14-15,20H,2-6,9-10,12H2,1H3. The molecule has 1 N–H and O–H groups in total. The highest BCUT2D eigenvalue weighted by atomic mass is 19.2. The SMILES string of the molecule is CCCNC1CCCCCCC1Oc1cccc(F)c1F. The number of nitrogens with one attached hydrogen (secondary N) is 1. The molecule has 0 bridgehead atoms. The van der Waals surface area contributed by atoms with Gasteiger partial charge in [0.15, 0.2) is 11.6 Å². The minimum absolute atomic E-state index is 0.0314. The molecule has 1 aromatic carbocycles. The number of hydrogen-bond acceptors (Lipinski definition) is 2. The van der Waals surface area contributed by atoms with Crippen LogP contribution < -0.4 is 10.1 Å². The van der Waals surface area contributed by atoms with Gasteiger partial charge in [0, 0.05) is 6.04 Å². The molecular weight excluding hydrogens is 272 g/mol. The van der Waals surface area contributed by atoms with Crippen LogP contribution in [0, 0.1) is 11.6 Å². The predicted molar refractivity (Wildman–Crippen MR) is 80.6 cm³/mol. The largest absolute Gasteiger partial charge is 0.486 e. The molecule has 118 valence electrons. The summed E-state index contributed by atoms with van der Waals surface area (Å²) < 4.78 is 32.9. The minimum Gasteiger partial charge on any atom is -0.486 e. The Labute approximate surface area is 125 Å². The Morgan fingerprint density at radius 2 is 1.90 bits per heavy atom. The zero-order chi connectivity index (χ0) is 15.1. The lowest BCUT2D eigenvalue weighted by molar-refractivity contribution is 0.121. The second-order valence-electron chi connectivity index (χ2n) is 5.76. The Morgan fingerprint density at radius 1 is 1.14 bits per heavy atom. The maximum absolute atomic E-state index is 13.8. The van der Waals surface area contributed by atoms with Gasteiger partial charge in [-0.2, -0.15) is 4.39 Å². The third kappa shape index (κ3) is 4.67. The summed E-state index contributed by atoms with van der Waals surface area (Å²) in [7, 11) is 0. The lowest BCUT2D eigenvalue weighted by atomic mass is 9.94. The average Bonchev–Trinajstić information content (AvgIpc) is 2.46. The average molecular weight is 297 g/mol. The lowest BCUT2D eigenvalue weighted by Crippen LogP contribution is -2.44. The molecule has 1 aliphatic rings. The van der Waals surface area contributed by atoms with Gasteiger partial charge in [-0.3, -0.25) is 0 Å². The van der Waals surface area contributed by atoms with Crippen LogP contribution >= 0.6 is 0 Å². The van der Waals surface area contributed by atoms with Crippen LogP contribution in [0.1, 0.15) is 51.9 Å². The third-order valence-corrected chi connectivity index (χ3v) is 4.05. The topological polar surface area (TPSA) is 21.3 Å². The van der Waals surface area contributed by atoms with E-state index in [1.165, 1.54) is 25.0 Å². The fourth-order valence-electron chi connectivity index (χ4n) is 2.89. The van der Waals surface area contributed by atoms with E-state index < -0.39 is 11.6 Å². The molecule has 0 amide bonds. The van der Waals surface area contributed by atoms with Crippen LogP contribution in [0.25, 0.3) is 0 Å². The van der Waals surface area contributed by atoms with Gasteiger partial charge < -0.3 is 10.1 Å². The Bertz CT molecular complexity index is 437. The molecule has 0 saturated heterocycles. The first-order valence-corrected chi connectivity index (χ1v) is 8.06. The monoisotopic (exact) mass is 297 g/mol. The fourth-order valence-corrected chi connectivity index (χ4v) is 2.89. The van der Waals surface area contributed by atoms with Gasteiger partial charge >= 0.3 is 0 Å². The van der Waals surface area contributed by atoms with Crippen LogP contribution in [0.2, 0.25) is 0 Å². The van der Waals surface area contributed by atoms with Gasteiger partial charge in [-0.05, 0) is 44.4 Å². The molecule has 2 atom stereocenters. The van der Waals surface area contributed by atoms with Crippen molar-refractivity contribution in [3.63, 3.8) is 0 Å². The van der Waals surface area contributed by atoms with E-state index in [0.717, 1.165) is 44.7 Å².